The molecule has 3 rings (SSSR count). The molecular formula is C21H16ClN3O3. The first kappa shape index (κ1) is 19.4. The van der Waals surface area contributed by atoms with E-state index in [-0.39, 0.29) is 17.8 Å². The Hall–Kier alpha value is -3.40. The van der Waals surface area contributed by atoms with Crippen molar-refractivity contribution in [1.29, 1.82) is 5.26 Å². The van der Waals surface area contributed by atoms with E-state index in [1.54, 1.807) is 6.07 Å². The quantitative estimate of drug-likeness (QED) is 0.592. The molecule has 6 nitrogen and oxygen atoms in total. The summed E-state index contributed by atoms with van der Waals surface area (Å²) < 4.78 is 0. The number of fused-ring (bicyclic) bond motifs is 1. The first-order valence-electron chi connectivity index (χ1n) is 8.44. The maximum Gasteiger partial charge on any atom is 0.313 e. The molecule has 0 aliphatic heterocycles. The van der Waals surface area contributed by atoms with E-state index in [9.17, 15) is 14.7 Å². The summed E-state index contributed by atoms with van der Waals surface area (Å²) in [4.78, 5) is 24.2. The minimum absolute atomic E-state index is 0.138. The number of carbonyl (C=O) groups is 2. The van der Waals surface area contributed by atoms with E-state index in [1.807, 2.05) is 42.5 Å². The molecule has 140 valence electrons. The van der Waals surface area contributed by atoms with Crippen molar-refractivity contribution in [2.45, 2.75) is 6.10 Å². The summed E-state index contributed by atoms with van der Waals surface area (Å²) in [5.41, 5.74) is 0.978. The second-order valence-corrected chi connectivity index (χ2v) is 6.49. The van der Waals surface area contributed by atoms with Crippen molar-refractivity contribution < 1.29 is 14.7 Å². The molecule has 28 heavy (non-hydrogen) atoms. The van der Waals surface area contributed by atoms with Crippen LogP contribution in [0, 0.1) is 11.3 Å². The molecule has 0 fully saturated rings. The highest BCUT2D eigenvalue weighted by atomic mass is 35.5. The van der Waals surface area contributed by atoms with Crippen molar-refractivity contribution in [3.05, 3.63) is 76.8 Å². The topological polar surface area (TPSA) is 102 Å². The van der Waals surface area contributed by atoms with Crippen molar-refractivity contribution in [3.8, 4) is 6.07 Å². The van der Waals surface area contributed by atoms with Gasteiger partial charge in [-0.25, -0.2) is 0 Å². The van der Waals surface area contributed by atoms with Gasteiger partial charge in [0.05, 0.1) is 17.4 Å². The molecule has 0 saturated heterocycles. The van der Waals surface area contributed by atoms with E-state index in [1.165, 1.54) is 18.2 Å². The lowest BCUT2D eigenvalue weighted by molar-refractivity contribution is -0.136. The van der Waals surface area contributed by atoms with Crippen LogP contribution in [0.5, 0.6) is 0 Å². The van der Waals surface area contributed by atoms with Gasteiger partial charge in [0.1, 0.15) is 6.07 Å². The lowest BCUT2D eigenvalue weighted by atomic mass is 10.0. The van der Waals surface area contributed by atoms with Crippen molar-refractivity contribution >= 4 is 39.9 Å². The average Bonchev–Trinajstić information content (AvgIpc) is 2.71. The highest BCUT2D eigenvalue weighted by Gasteiger charge is 2.18. The number of hydrogen-bond donors (Lipinski definition) is 3. The number of carbonyl (C=O) groups excluding carboxylic acids is 2. The minimum atomic E-state index is -0.983. The standard InChI is InChI=1S/C21H16ClN3O3/c22-15-9-8-14(11-23)18(10-15)25-21(28)20(27)24-12-19(26)17-7-3-5-13-4-1-2-6-16(13)17/h1-10,19,26H,12H2,(H,24,27)(H,25,28)/t19-/m1/s1. The van der Waals surface area contributed by atoms with E-state index >= 15 is 0 Å². The summed E-state index contributed by atoms with van der Waals surface area (Å²) in [7, 11) is 0. The summed E-state index contributed by atoms with van der Waals surface area (Å²) >= 11 is 5.86. The number of aliphatic hydroxyl groups excluding tert-OH is 1. The van der Waals surface area contributed by atoms with Gasteiger partial charge in [-0.3, -0.25) is 9.59 Å². The fraction of sp³-hybridized carbons (Fsp3) is 0.0952. The number of nitrogens with one attached hydrogen (secondary N) is 2. The predicted molar refractivity (Wildman–Crippen MR) is 107 cm³/mol. The van der Waals surface area contributed by atoms with Gasteiger partial charge in [0.15, 0.2) is 0 Å². The number of amides is 2. The van der Waals surface area contributed by atoms with Crippen LogP contribution in [0.4, 0.5) is 5.69 Å². The third kappa shape index (κ3) is 4.29. The van der Waals surface area contributed by atoms with E-state index in [0.717, 1.165) is 10.8 Å². The van der Waals surface area contributed by atoms with Crippen LogP contribution in [0.15, 0.2) is 60.7 Å². The number of benzene rings is 3. The molecule has 2 amide bonds. The van der Waals surface area contributed by atoms with Crippen LogP contribution in [-0.2, 0) is 9.59 Å². The Labute approximate surface area is 166 Å². The van der Waals surface area contributed by atoms with Gasteiger partial charge in [-0.2, -0.15) is 5.26 Å². The highest BCUT2D eigenvalue weighted by molar-refractivity contribution is 6.40. The van der Waals surface area contributed by atoms with Gasteiger partial charge in [-0.1, -0.05) is 54.1 Å². The van der Waals surface area contributed by atoms with E-state index in [2.05, 4.69) is 10.6 Å². The zero-order chi connectivity index (χ0) is 20.1. The summed E-state index contributed by atoms with van der Waals surface area (Å²) in [6.07, 6.45) is -0.983. The first-order valence-corrected chi connectivity index (χ1v) is 8.82. The van der Waals surface area contributed by atoms with Crippen molar-refractivity contribution in [1.82, 2.24) is 5.32 Å². The van der Waals surface area contributed by atoms with Crippen LogP contribution in [0.3, 0.4) is 0 Å². The molecule has 0 aliphatic carbocycles. The Kier molecular flexibility index (Phi) is 5.90. The van der Waals surface area contributed by atoms with Gasteiger partial charge in [0, 0.05) is 11.6 Å². The Bertz CT molecular complexity index is 1090. The van der Waals surface area contributed by atoms with Gasteiger partial charge in [-0.15, -0.1) is 0 Å². The number of halogens is 1. The lowest BCUT2D eigenvalue weighted by Gasteiger charge is -2.15. The second-order valence-electron chi connectivity index (χ2n) is 6.05. The maximum absolute atomic E-state index is 12.1. The molecule has 0 radical (unpaired) electrons. The maximum atomic E-state index is 12.1. The molecule has 7 heteroatoms. The number of rotatable bonds is 4. The van der Waals surface area contributed by atoms with Crippen LogP contribution >= 0.6 is 11.6 Å². The number of aliphatic hydroxyl groups is 1. The van der Waals surface area contributed by atoms with Gasteiger partial charge >= 0.3 is 11.8 Å². The molecule has 0 spiro atoms. The van der Waals surface area contributed by atoms with E-state index in [0.29, 0.717) is 10.6 Å². The summed E-state index contributed by atoms with van der Waals surface area (Å²) in [5.74, 6) is -1.88. The fourth-order valence-electron chi connectivity index (χ4n) is 2.82. The Morgan fingerprint density at radius 1 is 1.07 bits per heavy atom. The van der Waals surface area contributed by atoms with Gasteiger partial charge < -0.3 is 15.7 Å². The summed E-state index contributed by atoms with van der Waals surface area (Å²) in [6.45, 7) is -0.138. The van der Waals surface area contributed by atoms with Crippen LogP contribution in [0.2, 0.25) is 5.02 Å². The van der Waals surface area contributed by atoms with Crippen LogP contribution in [-0.4, -0.2) is 23.5 Å². The normalized spacial score (nSPS) is 11.5. The Morgan fingerprint density at radius 3 is 2.61 bits per heavy atom. The van der Waals surface area contributed by atoms with Gasteiger partial charge in [0.2, 0.25) is 0 Å². The van der Waals surface area contributed by atoms with Crippen molar-refractivity contribution in [3.63, 3.8) is 0 Å². The molecule has 1 atom stereocenters. The monoisotopic (exact) mass is 393 g/mol. The minimum Gasteiger partial charge on any atom is -0.387 e. The highest BCUT2D eigenvalue weighted by Crippen LogP contribution is 2.24. The molecule has 3 N–H and O–H groups in total. The largest absolute Gasteiger partial charge is 0.387 e. The second kappa shape index (κ2) is 8.53. The Balaban J connectivity index is 1.66. The molecule has 3 aromatic rings. The fourth-order valence-corrected chi connectivity index (χ4v) is 2.99. The zero-order valence-corrected chi connectivity index (χ0v) is 15.4. The molecule has 3 aromatic carbocycles. The predicted octanol–water partition coefficient (Wildman–Crippen LogP) is 3.15. The molecular weight excluding hydrogens is 378 g/mol. The Morgan fingerprint density at radius 2 is 1.82 bits per heavy atom. The van der Waals surface area contributed by atoms with Crippen molar-refractivity contribution in [2.24, 2.45) is 0 Å². The number of anilines is 1. The molecule has 0 aromatic heterocycles. The summed E-state index contributed by atoms with van der Waals surface area (Å²) in [6, 6.07) is 19.3. The first-order chi connectivity index (χ1) is 13.5. The third-order valence-corrected chi connectivity index (χ3v) is 4.43. The zero-order valence-electron chi connectivity index (χ0n) is 14.6. The van der Waals surface area contributed by atoms with E-state index in [4.69, 9.17) is 16.9 Å². The molecule has 0 saturated carbocycles. The van der Waals surface area contributed by atoms with Crippen molar-refractivity contribution in [2.75, 3.05) is 11.9 Å². The molecule has 0 aliphatic rings. The van der Waals surface area contributed by atoms with E-state index < -0.39 is 17.9 Å². The lowest BCUT2D eigenvalue weighted by Crippen LogP contribution is -2.37. The molecule has 0 unspecified atom stereocenters. The molecule has 0 bridgehead atoms. The molecule has 0 heterocycles. The van der Waals surface area contributed by atoms with Gasteiger partial charge in [0.25, 0.3) is 0 Å². The number of hydrogen-bond acceptors (Lipinski definition) is 4. The smallest absolute Gasteiger partial charge is 0.313 e. The SMILES string of the molecule is N#Cc1ccc(Cl)cc1NC(=O)C(=O)NC[C@@H](O)c1cccc2ccccc12. The third-order valence-electron chi connectivity index (χ3n) is 4.19. The number of nitrogens with zero attached hydrogens (tertiary/aromatic N) is 1. The van der Waals surface area contributed by atoms with Gasteiger partial charge in [-0.05, 0) is 34.5 Å². The summed E-state index contributed by atoms with van der Waals surface area (Å²) in [5, 5.41) is 26.4. The number of nitriles is 1. The average molecular weight is 394 g/mol. The van der Waals surface area contributed by atoms with Crippen LogP contribution < -0.4 is 10.6 Å². The van der Waals surface area contributed by atoms with Crippen LogP contribution in [0.25, 0.3) is 10.8 Å². The van der Waals surface area contributed by atoms with Crippen LogP contribution in [0.1, 0.15) is 17.2 Å².